The largest absolute Gasteiger partial charge is 0.130 e. The van der Waals surface area contributed by atoms with Crippen LogP contribution in [0.1, 0.15) is 27.1 Å². The van der Waals surface area contributed by atoms with E-state index in [-0.39, 0.29) is 4.83 Å². The minimum absolute atomic E-state index is 0.208. The molecule has 0 spiro atoms. The van der Waals surface area contributed by atoms with Crippen LogP contribution in [0.2, 0.25) is 5.02 Å². The predicted octanol–water partition coefficient (Wildman–Crippen LogP) is 6.16. The van der Waals surface area contributed by atoms with Gasteiger partial charge in [-0.25, -0.2) is 0 Å². The molecular weight excluding hydrogens is 340 g/mol. The molecule has 0 saturated heterocycles. The zero-order valence-corrected chi connectivity index (χ0v) is 14.4. The van der Waals surface area contributed by atoms with Gasteiger partial charge in [0.25, 0.3) is 0 Å². The SMILES string of the molecule is CSc1ccc(C(Br)c2cc(C)c(Cl)cc2C)cc1. The Hall–Kier alpha value is -0.440. The third-order valence-electron chi connectivity index (χ3n) is 3.23. The van der Waals surface area contributed by atoms with Crippen LogP contribution in [0.15, 0.2) is 41.3 Å². The van der Waals surface area contributed by atoms with E-state index < -0.39 is 0 Å². The highest BCUT2D eigenvalue weighted by Gasteiger charge is 2.14. The quantitative estimate of drug-likeness (QED) is 0.469. The van der Waals surface area contributed by atoms with Gasteiger partial charge in [-0.3, -0.25) is 0 Å². The Morgan fingerprint density at radius 1 is 1.05 bits per heavy atom. The summed E-state index contributed by atoms with van der Waals surface area (Å²) < 4.78 is 0. The van der Waals surface area contributed by atoms with Crippen molar-refractivity contribution >= 4 is 39.3 Å². The van der Waals surface area contributed by atoms with Crippen molar-refractivity contribution in [3.05, 3.63) is 63.7 Å². The standard InChI is InChI=1S/C16H16BrClS/c1-10-9-15(18)11(2)8-14(10)16(17)12-4-6-13(19-3)7-5-12/h4-9,16H,1-3H3. The first kappa shape index (κ1) is 15.0. The Kier molecular flexibility index (Phi) is 4.99. The molecule has 0 saturated carbocycles. The van der Waals surface area contributed by atoms with Gasteiger partial charge in [-0.15, -0.1) is 11.8 Å². The van der Waals surface area contributed by atoms with Crippen molar-refractivity contribution in [2.75, 3.05) is 6.26 Å². The highest BCUT2D eigenvalue weighted by Crippen LogP contribution is 2.35. The molecule has 2 rings (SSSR count). The molecule has 3 heteroatoms. The highest BCUT2D eigenvalue weighted by atomic mass is 79.9. The maximum Gasteiger partial charge on any atom is 0.0647 e. The predicted molar refractivity (Wildman–Crippen MR) is 89.9 cm³/mol. The molecule has 2 aromatic carbocycles. The van der Waals surface area contributed by atoms with Gasteiger partial charge in [-0.05, 0) is 60.6 Å². The van der Waals surface area contributed by atoms with Crippen LogP contribution in [0.4, 0.5) is 0 Å². The van der Waals surface area contributed by atoms with Gasteiger partial charge in [0, 0.05) is 9.92 Å². The fraction of sp³-hybridized carbons (Fsp3) is 0.250. The van der Waals surface area contributed by atoms with E-state index in [0.29, 0.717) is 0 Å². The fourth-order valence-corrected chi connectivity index (χ4v) is 3.45. The summed E-state index contributed by atoms with van der Waals surface area (Å²) >= 11 is 11.7. The zero-order chi connectivity index (χ0) is 14.0. The van der Waals surface area contributed by atoms with E-state index in [1.165, 1.54) is 21.6 Å². The molecule has 100 valence electrons. The van der Waals surface area contributed by atoms with Gasteiger partial charge in [-0.1, -0.05) is 45.7 Å². The summed E-state index contributed by atoms with van der Waals surface area (Å²) in [5.41, 5.74) is 4.88. The summed E-state index contributed by atoms with van der Waals surface area (Å²) in [6.07, 6.45) is 2.09. The lowest BCUT2D eigenvalue weighted by Crippen LogP contribution is -1.97. The van der Waals surface area contributed by atoms with Gasteiger partial charge < -0.3 is 0 Å². The number of rotatable bonds is 3. The summed E-state index contributed by atoms with van der Waals surface area (Å²) in [5.74, 6) is 0. The number of alkyl halides is 1. The summed E-state index contributed by atoms with van der Waals surface area (Å²) in [4.78, 5) is 1.49. The van der Waals surface area contributed by atoms with E-state index >= 15 is 0 Å². The second-order valence-corrected chi connectivity index (χ2v) is 6.80. The van der Waals surface area contributed by atoms with E-state index in [9.17, 15) is 0 Å². The lowest BCUT2D eigenvalue weighted by Gasteiger charge is -2.15. The van der Waals surface area contributed by atoms with Gasteiger partial charge in [0.1, 0.15) is 0 Å². The second kappa shape index (κ2) is 6.34. The van der Waals surface area contributed by atoms with Crippen molar-refractivity contribution in [1.29, 1.82) is 0 Å². The molecule has 0 nitrogen and oxygen atoms in total. The van der Waals surface area contributed by atoms with E-state index in [1.807, 2.05) is 13.0 Å². The van der Waals surface area contributed by atoms with E-state index in [0.717, 1.165) is 10.6 Å². The summed E-state index contributed by atoms with van der Waals surface area (Å²) in [6.45, 7) is 4.15. The van der Waals surface area contributed by atoms with Crippen molar-refractivity contribution in [2.24, 2.45) is 0 Å². The molecule has 0 aliphatic rings. The van der Waals surface area contributed by atoms with E-state index in [2.05, 4.69) is 59.4 Å². The van der Waals surface area contributed by atoms with Crippen LogP contribution in [0.5, 0.6) is 0 Å². The van der Waals surface area contributed by atoms with Gasteiger partial charge in [-0.2, -0.15) is 0 Å². The molecule has 0 N–H and O–H groups in total. The van der Waals surface area contributed by atoms with Crippen molar-refractivity contribution in [2.45, 2.75) is 23.6 Å². The van der Waals surface area contributed by atoms with Crippen molar-refractivity contribution in [3.8, 4) is 0 Å². The summed E-state index contributed by atoms with van der Waals surface area (Å²) in [6, 6.07) is 12.9. The maximum atomic E-state index is 6.16. The molecule has 19 heavy (non-hydrogen) atoms. The van der Waals surface area contributed by atoms with Crippen LogP contribution >= 0.6 is 39.3 Å². The molecule has 0 amide bonds. The van der Waals surface area contributed by atoms with Crippen LogP contribution in [0, 0.1) is 13.8 Å². The van der Waals surface area contributed by atoms with Crippen LogP contribution in [0.3, 0.4) is 0 Å². The Labute approximate surface area is 132 Å². The molecule has 0 heterocycles. The van der Waals surface area contributed by atoms with Gasteiger partial charge >= 0.3 is 0 Å². The monoisotopic (exact) mass is 354 g/mol. The minimum atomic E-state index is 0.208. The number of halogens is 2. The van der Waals surface area contributed by atoms with Crippen molar-refractivity contribution < 1.29 is 0 Å². The van der Waals surface area contributed by atoms with Crippen molar-refractivity contribution in [1.82, 2.24) is 0 Å². The first-order valence-corrected chi connectivity index (χ1v) is 8.59. The Morgan fingerprint density at radius 3 is 2.26 bits per heavy atom. The third-order valence-corrected chi connectivity index (χ3v) is 5.40. The van der Waals surface area contributed by atoms with Crippen LogP contribution in [-0.2, 0) is 0 Å². The van der Waals surface area contributed by atoms with E-state index in [1.54, 1.807) is 11.8 Å². The first-order chi connectivity index (χ1) is 9.02. The minimum Gasteiger partial charge on any atom is -0.130 e. The van der Waals surface area contributed by atoms with Gasteiger partial charge in [0.2, 0.25) is 0 Å². The third kappa shape index (κ3) is 3.36. The second-order valence-electron chi connectivity index (χ2n) is 4.59. The molecule has 0 aliphatic heterocycles. The smallest absolute Gasteiger partial charge is 0.0647 e. The van der Waals surface area contributed by atoms with Crippen LogP contribution < -0.4 is 0 Å². The maximum absolute atomic E-state index is 6.16. The Balaban J connectivity index is 2.37. The zero-order valence-electron chi connectivity index (χ0n) is 11.2. The Morgan fingerprint density at radius 2 is 1.68 bits per heavy atom. The summed E-state index contributed by atoms with van der Waals surface area (Å²) in [7, 11) is 0. The Bertz CT molecular complexity index is 578. The first-order valence-electron chi connectivity index (χ1n) is 6.07. The van der Waals surface area contributed by atoms with Crippen molar-refractivity contribution in [3.63, 3.8) is 0 Å². The molecule has 0 fully saturated rings. The lowest BCUT2D eigenvalue weighted by atomic mass is 9.98. The summed E-state index contributed by atoms with van der Waals surface area (Å²) in [5, 5.41) is 0.832. The van der Waals surface area contributed by atoms with Crippen LogP contribution in [0.25, 0.3) is 0 Å². The fourth-order valence-electron chi connectivity index (χ4n) is 2.03. The number of aryl methyl sites for hydroxylation is 2. The molecule has 0 aliphatic carbocycles. The molecule has 1 atom stereocenters. The molecule has 0 radical (unpaired) electrons. The van der Waals surface area contributed by atoms with E-state index in [4.69, 9.17) is 11.6 Å². The number of thioether (sulfide) groups is 1. The highest BCUT2D eigenvalue weighted by molar-refractivity contribution is 9.09. The molecule has 0 aromatic heterocycles. The number of hydrogen-bond acceptors (Lipinski definition) is 1. The molecular formula is C16H16BrClS. The van der Waals surface area contributed by atoms with Gasteiger partial charge in [0.15, 0.2) is 0 Å². The average molecular weight is 356 g/mol. The van der Waals surface area contributed by atoms with Crippen LogP contribution in [-0.4, -0.2) is 6.26 Å². The molecule has 1 unspecified atom stereocenters. The molecule has 0 bridgehead atoms. The number of hydrogen-bond donors (Lipinski definition) is 0. The molecule has 2 aromatic rings. The topological polar surface area (TPSA) is 0 Å². The lowest BCUT2D eigenvalue weighted by molar-refractivity contribution is 1.13. The normalized spacial score (nSPS) is 12.5. The average Bonchev–Trinajstić information content (AvgIpc) is 2.42. The number of benzene rings is 2. The van der Waals surface area contributed by atoms with Gasteiger partial charge in [0.05, 0.1) is 4.83 Å².